The number of nitrogens with zero attached hydrogens (tertiary/aromatic N) is 3. The van der Waals surface area contributed by atoms with Crippen LogP contribution in [0.15, 0.2) is 83.5 Å². The van der Waals surface area contributed by atoms with Crippen LogP contribution in [0.25, 0.3) is 5.69 Å². The van der Waals surface area contributed by atoms with Crippen LogP contribution in [0, 0.1) is 13.8 Å². The summed E-state index contributed by atoms with van der Waals surface area (Å²) in [5.41, 5.74) is 6.04. The Hall–Kier alpha value is -3.16. The summed E-state index contributed by atoms with van der Waals surface area (Å²) in [6, 6.07) is 23.4. The Kier molecular flexibility index (Phi) is 5.68. The van der Waals surface area contributed by atoms with Crippen molar-refractivity contribution in [2.24, 2.45) is 0 Å². The third kappa shape index (κ3) is 3.81. The van der Waals surface area contributed by atoms with Gasteiger partial charge in [-0.25, -0.2) is 0 Å². The van der Waals surface area contributed by atoms with Crippen molar-refractivity contribution in [2.75, 3.05) is 4.90 Å². The molecular formula is C26H23BrN4OS. The summed E-state index contributed by atoms with van der Waals surface area (Å²) in [5, 5.41) is 14.7. The van der Waals surface area contributed by atoms with E-state index in [1.807, 2.05) is 53.4 Å². The Bertz CT molecular complexity index is 1320. The minimum Gasteiger partial charge on any atom is -0.506 e. The monoisotopic (exact) mass is 518 g/mol. The topological polar surface area (TPSA) is 53.3 Å². The minimum atomic E-state index is -0.184. The summed E-state index contributed by atoms with van der Waals surface area (Å²) in [5.74, 6) is 0.190. The lowest BCUT2D eigenvalue weighted by Crippen LogP contribution is -2.29. The highest BCUT2D eigenvalue weighted by Gasteiger charge is 2.43. The maximum absolute atomic E-state index is 10.7. The summed E-state index contributed by atoms with van der Waals surface area (Å²) in [6.45, 7) is 4.24. The molecule has 2 aromatic heterocycles. The number of halogens is 1. The molecule has 1 fully saturated rings. The van der Waals surface area contributed by atoms with Crippen LogP contribution >= 0.6 is 28.1 Å². The molecular weight excluding hydrogens is 496 g/mol. The van der Waals surface area contributed by atoms with Gasteiger partial charge < -0.3 is 19.9 Å². The van der Waals surface area contributed by atoms with Crippen LogP contribution in [0.1, 0.15) is 34.7 Å². The molecule has 0 radical (unpaired) electrons. The zero-order valence-corrected chi connectivity index (χ0v) is 20.6. The first-order valence-electron chi connectivity index (χ1n) is 10.7. The number of hydrogen-bond donors (Lipinski definition) is 2. The van der Waals surface area contributed by atoms with Crippen molar-refractivity contribution in [2.45, 2.75) is 25.9 Å². The Morgan fingerprint density at radius 2 is 1.73 bits per heavy atom. The second-order valence-electron chi connectivity index (χ2n) is 8.12. The lowest BCUT2D eigenvalue weighted by Gasteiger charge is -2.28. The predicted octanol–water partition coefficient (Wildman–Crippen LogP) is 6.13. The molecule has 2 aromatic carbocycles. The van der Waals surface area contributed by atoms with E-state index in [4.69, 9.17) is 12.2 Å². The van der Waals surface area contributed by atoms with E-state index < -0.39 is 0 Å². The number of phenolic OH excluding ortho intramolecular Hbond substituents is 1. The molecule has 1 saturated heterocycles. The fraction of sp³-hybridized carbons (Fsp3) is 0.154. The number of hydrogen-bond acceptors (Lipinski definition) is 3. The van der Waals surface area contributed by atoms with E-state index in [0.717, 1.165) is 32.8 Å². The first kappa shape index (κ1) is 21.7. The van der Waals surface area contributed by atoms with Crippen LogP contribution in [0.2, 0.25) is 0 Å². The van der Waals surface area contributed by atoms with Gasteiger partial charge in [0.25, 0.3) is 0 Å². The van der Waals surface area contributed by atoms with Gasteiger partial charge in [-0.05, 0) is 86.2 Å². The molecule has 2 atom stereocenters. The number of thiocarbonyl (C=S) groups is 1. The van der Waals surface area contributed by atoms with Crippen molar-refractivity contribution in [3.8, 4) is 11.4 Å². The number of rotatable bonds is 4. The maximum atomic E-state index is 10.7. The molecule has 0 bridgehead atoms. The standard InChI is InChI=1S/C26H23BrN4OS/c1-16-15-20(17(2)30(16)19-12-10-18(27)11-13-19)25-24(21-7-5-6-14-28-21)29-26(33)31(25)22-8-3-4-9-23(22)32/h3-15,24-25,32H,1-2H3,(H,29,33)/t24-,25+/m1/s1. The molecule has 1 aliphatic heterocycles. The van der Waals surface area contributed by atoms with E-state index in [0.29, 0.717) is 10.8 Å². The molecule has 0 saturated carbocycles. The first-order chi connectivity index (χ1) is 16.0. The number of pyridine rings is 1. The van der Waals surface area contributed by atoms with E-state index in [1.165, 1.54) is 0 Å². The van der Waals surface area contributed by atoms with E-state index >= 15 is 0 Å². The highest BCUT2D eigenvalue weighted by Crippen LogP contribution is 2.45. The molecule has 33 heavy (non-hydrogen) atoms. The lowest BCUT2D eigenvalue weighted by atomic mass is 9.96. The number of benzene rings is 2. The number of para-hydroxylation sites is 2. The van der Waals surface area contributed by atoms with Crippen molar-refractivity contribution in [3.63, 3.8) is 0 Å². The first-order valence-corrected chi connectivity index (χ1v) is 11.9. The summed E-state index contributed by atoms with van der Waals surface area (Å²) < 4.78 is 3.29. The van der Waals surface area contributed by atoms with Crippen molar-refractivity contribution in [1.29, 1.82) is 0 Å². The molecule has 0 aliphatic carbocycles. The molecule has 166 valence electrons. The van der Waals surface area contributed by atoms with Crippen molar-refractivity contribution >= 4 is 38.9 Å². The highest BCUT2D eigenvalue weighted by atomic mass is 79.9. The van der Waals surface area contributed by atoms with Gasteiger partial charge in [-0.2, -0.15) is 0 Å². The normalized spacial score (nSPS) is 17.9. The Labute approximate surface area is 206 Å². The molecule has 3 heterocycles. The van der Waals surface area contributed by atoms with Gasteiger partial charge in [0, 0.05) is 27.7 Å². The average molecular weight is 519 g/mol. The number of phenols is 1. The van der Waals surface area contributed by atoms with Crippen LogP contribution in [0.5, 0.6) is 5.75 Å². The van der Waals surface area contributed by atoms with E-state index in [-0.39, 0.29) is 17.8 Å². The van der Waals surface area contributed by atoms with E-state index in [2.05, 4.69) is 62.8 Å². The van der Waals surface area contributed by atoms with Gasteiger partial charge in [-0.1, -0.05) is 34.1 Å². The summed E-state index contributed by atoms with van der Waals surface area (Å²) in [7, 11) is 0. The van der Waals surface area contributed by atoms with Crippen LogP contribution < -0.4 is 10.2 Å². The van der Waals surface area contributed by atoms with Gasteiger partial charge in [0.05, 0.1) is 23.5 Å². The van der Waals surface area contributed by atoms with Crippen LogP contribution in [-0.2, 0) is 0 Å². The zero-order chi connectivity index (χ0) is 23.1. The molecule has 5 nitrogen and oxygen atoms in total. The van der Waals surface area contributed by atoms with Gasteiger partial charge in [0.15, 0.2) is 5.11 Å². The molecule has 5 rings (SSSR count). The summed E-state index contributed by atoms with van der Waals surface area (Å²) in [6.07, 6.45) is 1.80. The number of aromatic hydroxyl groups is 1. The van der Waals surface area contributed by atoms with Crippen LogP contribution in [0.4, 0.5) is 5.69 Å². The second kappa shape index (κ2) is 8.65. The molecule has 0 spiro atoms. The number of aryl methyl sites for hydroxylation is 1. The van der Waals surface area contributed by atoms with Gasteiger partial charge in [0.1, 0.15) is 5.75 Å². The highest BCUT2D eigenvalue weighted by molar-refractivity contribution is 9.10. The maximum Gasteiger partial charge on any atom is 0.174 e. The fourth-order valence-electron chi connectivity index (χ4n) is 4.67. The Morgan fingerprint density at radius 1 is 1.00 bits per heavy atom. The summed E-state index contributed by atoms with van der Waals surface area (Å²) >= 11 is 9.32. The van der Waals surface area contributed by atoms with Crippen LogP contribution in [0.3, 0.4) is 0 Å². The van der Waals surface area contributed by atoms with Crippen LogP contribution in [-0.4, -0.2) is 19.8 Å². The summed E-state index contributed by atoms with van der Waals surface area (Å²) in [4.78, 5) is 6.64. The molecule has 1 aliphatic rings. The lowest BCUT2D eigenvalue weighted by molar-refractivity contribution is 0.472. The van der Waals surface area contributed by atoms with Gasteiger partial charge in [-0.3, -0.25) is 4.98 Å². The quantitative estimate of drug-likeness (QED) is 0.318. The van der Waals surface area contributed by atoms with E-state index in [1.54, 1.807) is 12.3 Å². The predicted molar refractivity (Wildman–Crippen MR) is 139 cm³/mol. The fourth-order valence-corrected chi connectivity index (χ4v) is 5.28. The Balaban J connectivity index is 1.69. The van der Waals surface area contributed by atoms with Gasteiger partial charge in [-0.15, -0.1) is 0 Å². The third-order valence-corrected chi connectivity index (χ3v) is 6.96. The second-order valence-corrected chi connectivity index (χ2v) is 9.43. The molecule has 4 aromatic rings. The number of aromatic nitrogens is 2. The van der Waals surface area contributed by atoms with Crippen molar-refractivity contribution in [1.82, 2.24) is 14.9 Å². The molecule has 0 amide bonds. The number of nitrogens with one attached hydrogen (secondary N) is 1. The van der Waals surface area contributed by atoms with Gasteiger partial charge in [0.2, 0.25) is 0 Å². The largest absolute Gasteiger partial charge is 0.506 e. The third-order valence-electron chi connectivity index (χ3n) is 6.11. The molecule has 0 unspecified atom stereocenters. The zero-order valence-electron chi connectivity index (χ0n) is 18.2. The van der Waals surface area contributed by atoms with Crippen molar-refractivity contribution in [3.05, 3.63) is 106 Å². The molecule has 2 N–H and O–H groups in total. The molecule has 7 heteroatoms. The van der Waals surface area contributed by atoms with E-state index in [9.17, 15) is 5.11 Å². The Morgan fingerprint density at radius 3 is 2.42 bits per heavy atom. The minimum absolute atomic E-state index is 0.169. The van der Waals surface area contributed by atoms with Gasteiger partial charge >= 0.3 is 0 Å². The number of anilines is 1. The average Bonchev–Trinajstić information content (AvgIpc) is 3.31. The smallest absolute Gasteiger partial charge is 0.174 e. The van der Waals surface area contributed by atoms with Crippen molar-refractivity contribution < 1.29 is 5.11 Å². The SMILES string of the molecule is Cc1cc([C@H]2[C@@H](c3ccccn3)NC(=S)N2c2ccccc2O)c(C)n1-c1ccc(Br)cc1.